The Bertz CT molecular complexity index is 195. The van der Waals surface area contributed by atoms with Crippen molar-refractivity contribution >= 4 is 5.84 Å². The molecule has 0 aliphatic carbocycles. The van der Waals surface area contributed by atoms with Gasteiger partial charge in [-0.15, -0.1) is 0 Å². The van der Waals surface area contributed by atoms with E-state index in [4.69, 9.17) is 16.0 Å². The summed E-state index contributed by atoms with van der Waals surface area (Å²) in [6.07, 6.45) is 1.95. The van der Waals surface area contributed by atoms with E-state index in [1.165, 1.54) is 0 Å². The number of aliphatic hydroxyl groups is 1. The first-order valence-electron chi connectivity index (χ1n) is 5.35. The van der Waals surface area contributed by atoms with Gasteiger partial charge in [0.05, 0.1) is 6.10 Å². The number of rotatable bonds is 7. The highest BCUT2D eigenvalue weighted by atomic mass is 16.4. The maximum atomic E-state index is 9.17. The zero-order chi connectivity index (χ0) is 11.8. The smallest absolute Gasteiger partial charge is 0.140 e. The van der Waals surface area contributed by atoms with Gasteiger partial charge in [-0.25, -0.2) is 0 Å². The number of nitrogens with zero attached hydrogens (tertiary/aromatic N) is 2. The van der Waals surface area contributed by atoms with Gasteiger partial charge in [-0.2, -0.15) is 0 Å². The molecule has 0 aliphatic heterocycles. The molecule has 0 fully saturated rings. The minimum Gasteiger partial charge on any atom is -0.409 e. The van der Waals surface area contributed by atoms with E-state index < -0.39 is 0 Å². The highest BCUT2D eigenvalue weighted by Gasteiger charge is 2.14. The molecule has 0 aliphatic rings. The number of oxime groups is 1. The molecule has 0 amide bonds. The SMILES string of the molecule is CCC(CC(N)=NO)N(C)CCC(C)O. The molecule has 90 valence electrons. The van der Waals surface area contributed by atoms with Gasteiger partial charge in [0.25, 0.3) is 0 Å². The Morgan fingerprint density at radius 2 is 2.13 bits per heavy atom. The summed E-state index contributed by atoms with van der Waals surface area (Å²) in [4.78, 5) is 2.13. The van der Waals surface area contributed by atoms with Gasteiger partial charge in [0, 0.05) is 19.0 Å². The molecular formula is C10H23N3O2. The summed E-state index contributed by atoms with van der Waals surface area (Å²) in [6, 6.07) is 0.264. The zero-order valence-electron chi connectivity index (χ0n) is 9.85. The second kappa shape index (κ2) is 7.48. The van der Waals surface area contributed by atoms with Crippen LogP contribution < -0.4 is 5.73 Å². The van der Waals surface area contributed by atoms with E-state index in [1.54, 1.807) is 6.92 Å². The summed E-state index contributed by atoms with van der Waals surface area (Å²) in [5, 5.41) is 20.6. The second-order valence-corrected chi connectivity index (χ2v) is 3.98. The molecule has 0 aromatic heterocycles. The molecule has 0 aromatic rings. The van der Waals surface area contributed by atoms with Crippen LogP contribution in [0.4, 0.5) is 0 Å². The third kappa shape index (κ3) is 6.30. The molecule has 0 saturated carbocycles. The fourth-order valence-electron chi connectivity index (χ4n) is 1.47. The van der Waals surface area contributed by atoms with Crippen LogP contribution in [0.3, 0.4) is 0 Å². The Morgan fingerprint density at radius 1 is 1.53 bits per heavy atom. The van der Waals surface area contributed by atoms with Crippen LogP contribution >= 0.6 is 0 Å². The lowest BCUT2D eigenvalue weighted by molar-refractivity contribution is 0.149. The van der Waals surface area contributed by atoms with Crippen molar-refractivity contribution in [3.8, 4) is 0 Å². The van der Waals surface area contributed by atoms with Crippen molar-refractivity contribution in [2.75, 3.05) is 13.6 Å². The van der Waals surface area contributed by atoms with Crippen molar-refractivity contribution < 1.29 is 10.3 Å². The summed E-state index contributed by atoms with van der Waals surface area (Å²) < 4.78 is 0. The van der Waals surface area contributed by atoms with Crippen LogP contribution in [-0.4, -0.2) is 46.8 Å². The fraction of sp³-hybridized carbons (Fsp3) is 0.900. The average Bonchev–Trinajstić information content (AvgIpc) is 2.21. The van der Waals surface area contributed by atoms with Crippen LogP contribution in [0, 0.1) is 0 Å². The second-order valence-electron chi connectivity index (χ2n) is 3.98. The molecule has 15 heavy (non-hydrogen) atoms. The summed E-state index contributed by atoms with van der Waals surface area (Å²) in [5.41, 5.74) is 5.47. The average molecular weight is 217 g/mol. The number of hydrogen-bond donors (Lipinski definition) is 3. The predicted molar refractivity (Wildman–Crippen MR) is 61.0 cm³/mol. The van der Waals surface area contributed by atoms with E-state index in [0.717, 1.165) is 19.4 Å². The highest BCUT2D eigenvalue weighted by molar-refractivity contribution is 5.80. The van der Waals surface area contributed by atoms with E-state index in [2.05, 4.69) is 17.0 Å². The number of hydrogen-bond acceptors (Lipinski definition) is 4. The highest BCUT2D eigenvalue weighted by Crippen LogP contribution is 2.08. The molecule has 0 aromatic carbocycles. The van der Waals surface area contributed by atoms with Crippen LogP contribution in [0.1, 0.15) is 33.1 Å². The Kier molecular flexibility index (Phi) is 7.07. The number of amidine groups is 1. The number of aliphatic hydroxyl groups excluding tert-OH is 1. The summed E-state index contributed by atoms with van der Waals surface area (Å²) in [6.45, 7) is 4.65. The number of nitrogens with two attached hydrogens (primary N) is 1. The van der Waals surface area contributed by atoms with Crippen molar-refractivity contribution in [2.45, 2.75) is 45.3 Å². The molecule has 0 heterocycles. The molecule has 0 bridgehead atoms. The van der Waals surface area contributed by atoms with E-state index in [9.17, 15) is 0 Å². The Morgan fingerprint density at radius 3 is 2.53 bits per heavy atom. The zero-order valence-corrected chi connectivity index (χ0v) is 9.85. The standard InChI is InChI=1S/C10H23N3O2/c1-4-9(7-10(11)12-15)13(3)6-5-8(2)14/h8-9,14-15H,4-7H2,1-3H3,(H2,11,12). The van der Waals surface area contributed by atoms with Crippen LogP contribution in [0.25, 0.3) is 0 Å². The lowest BCUT2D eigenvalue weighted by Crippen LogP contribution is -2.36. The summed E-state index contributed by atoms with van der Waals surface area (Å²) >= 11 is 0. The molecule has 0 spiro atoms. The van der Waals surface area contributed by atoms with E-state index >= 15 is 0 Å². The van der Waals surface area contributed by atoms with Crippen molar-refractivity contribution in [1.82, 2.24) is 4.90 Å². The van der Waals surface area contributed by atoms with Crippen LogP contribution in [-0.2, 0) is 0 Å². The first kappa shape index (κ1) is 14.2. The maximum absolute atomic E-state index is 9.17. The van der Waals surface area contributed by atoms with E-state index in [0.29, 0.717) is 6.42 Å². The summed E-state index contributed by atoms with van der Waals surface area (Å²) in [5.74, 6) is 0.255. The fourth-order valence-corrected chi connectivity index (χ4v) is 1.47. The minimum absolute atomic E-state index is 0.255. The van der Waals surface area contributed by atoms with Crippen LogP contribution in [0.5, 0.6) is 0 Å². The lowest BCUT2D eigenvalue weighted by atomic mass is 10.1. The molecule has 0 radical (unpaired) electrons. The molecular weight excluding hydrogens is 194 g/mol. The Balaban J connectivity index is 4.04. The van der Waals surface area contributed by atoms with Gasteiger partial charge < -0.3 is 20.9 Å². The van der Waals surface area contributed by atoms with Gasteiger partial charge in [-0.1, -0.05) is 12.1 Å². The molecule has 2 unspecified atom stereocenters. The monoisotopic (exact) mass is 217 g/mol. The lowest BCUT2D eigenvalue weighted by Gasteiger charge is -2.27. The van der Waals surface area contributed by atoms with Gasteiger partial charge >= 0.3 is 0 Å². The molecule has 0 rings (SSSR count). The molecule has 4 N–H and O–H groups in total. The molecule has 5 heteroatoms. The van der Waals surface area contributed by atoms with Crippen LogP contribution in [0.2, 0.25) is 0 Å². The normalized spacial score (nSPS) is 16.7. The Labute approximate surface area is 91.6 Å². The summed E-state index contributed by atoms with van der Waals surface area (Å²) in [7, 11) is 1.99. The van der Waals surface area contributed by atoms with Crippen molar-refractivity contribution in [2.24, 2.45) is 10.9 Å². The third-order valence-corrected chi connectivity index (χ3v) is 2.57. The molecule has 2 atom stereocenters. The maximum Gasteiger partial charge on any atom is 0.140 e. The minimum atomic E-state index is -0.284. The topological polar surface area (TPSA) is 82.1 Å². The first-order chi connectivity index (χ1) is 7.01. The third-order valence-electron chi connectivity index (χ3n) is 2.57. The quantitative estimate of drug-likeness (QED) is 0.252. The van der Waals surface area contributed by atoms with Crippen molar-refractivity contribution in [1.29, 1.82) is 0 Å². The first-order valence-corrected chi connectivity index (χ1v) is 5.35. The van der Waals surface area contributed by atoms with Gasteiger partial charge in [-0.3, -0.25) is 0 Å². The van der Waals surface area contributed by atoms with Gasteiger partial charge in [0.1, 0.15) is 5.84 Å². The van der Waals surface area contributed by atoms with Gasteiger partial charge in [-0.05, 0) is 26.8 Å². The van der Waals surface area contributed by atoms with Crippen molar-refractivity contribution in [3.63, 3.8) is 0 Å². The molecule has 0 saturated heterocycles. The van der Waals surface area contributed by atoms with Crippen molar-refractivity contribution in [3.05, 3.63) is 0 Å². The van der Waals surface area contributed by atoms with Crippen LogP contribution in [0.15, 0.2) is 5.16 Å². The van der Waals surface area contributed by atoms with E-state index in [1.807, 2.05) is 7.05 Å². The van der Waals surface area contributed by atoms with E-state index in [-0.39, 0.29) is 18.0 Å². The van der Waals surface area contributed by atoms with Gasteiger partial charge in [0.15, 0.2) is 0 Å². The van der Waals surface area contributed by atoms with Gasteiger partial charge in [0.2, 0.25) is 0 Å². The molecule has 5 nitrogen and oxygen atoms in total. The Hall–Kier alpha value is -0.810. The predicted octanol–water partition coefficient (Wildman–Crippen LogP) is 0.604. The largest absolute Gasteiger partial charge is 0.409 e.